The molecule has 1 aromatic rings. The van der Waals surface area contributed by atoms with Crippen LogP contribution in [0.25, 0.3) is 0 Å². The molecule has 1 heterocycles. The summed E-state index contributed by atoms with van der Waals surface area (Å²) < 4.78 is 12.8. The number of rotatable bonds is 3. The molecular formula is C12H11FN2O3. The Bertz CT molecular complexity index is 525. The van der Waals surface area contributed by atoms with E-state index in [1.165, 1.54) is 24.3 Å². The van der Waals surface area contributed by atoms with E-state index in [4.69, 9.17) is 5.11 Å². The first-order valence-electron chi connectivity index (χ1n) is 5.35. The molecule has 1 aromatic carbocycles. The van der Waals surface area contributed by atoms with E-state index in [-0.39, 0.29) is 6.42 Å². The van der Waals surface area contributed by atoms with E-state index < -0.39 is 23.6 Å². The second-order valence-electron chi connectivity index (χ2n) is 4.02. The lowest BCUT2D eigenvalue weighted by Gasteiger charge is -2.13. The van der Waals surface area contributed by atoms with Crippen molar-refractivity contribution in [3.05, 3.63) is 30.1 Å². The maximum absolute atomic E-state index is 12.8. The highest BCUT2D eigenvalue weighted by Gasteiger charge is 2.35. The number of aliphatic carboxylic acids is 1. The van der Waals surface area contributed by atoms with Crippen molar-refractivity contribution in [2.45, 2.75) is 13.3 Å². The molecule has 5 nitrogen and oxygen atoms in total. The Morgan fingerprint density at radius 3 is 2.61 bits per heavy atom. The number of amides is 1. The van der Waals surface area contributed by atoms with Crippen molar-refractivity contribution in [1.82, 2.24) is 0 Å². The molecule has 0 aromatic heterocycles. The van der Waals surface area contributed by atoms with Gasteiger partial charge in [0.15, 0.2) is 0 Å². The fourth-order valence-electron chi connectivity index (χ4n) is 1.78. The summed E-state index contributed by atoms with van der Waals surface area (Å²) in [5.74, 6) is -2.61. The third-order valence-electron chi connectivity index (χ3n) is 2.72. The van der Waals surface area contributed by atoms with Crippen molar-refractivity contribution in [1.29, 1.82) is 0 Å². The minimum absolute atomic E-state index is 0.286. The van der Waals surface area contributed by atoms with Crippen LogP contribution in [0.15, 0.2) is 29.4 Å². The largest absolute Gasteiger partial charge is 0.481 e. The summed E-state index contributed by atoms with van der Waals surface area (Å²) in [6.45, 7) is 1.61. The second kappa shape index (κ2) is 4.56. The number of hydrogen-bond acceptors (Lipinski definition) is 3. The second-order valence-corrected chi connectivity index (χ2v) is 4.02. The highest BCUT2D eigenvalue weighted by Crippen LogP contribution is 2.25. The number of anilines is 1. The highest BCUT2D eigenvalue weighted by molar-refractivity contribution is 6.15. The smallest absolute Gasteiger partial charge is 0.304 e. The molecule has 0 unspecified atom stereocenters. The lowest BCUT2D eigenvalue weighted by atomic mass is 10.0. The topological polar surface area (TPSA) is 70.0 Å². The van der Waals surface area contributed by atoms with Crippen LogP contribution < -0.4 is 5.01 Å². The first-order valence-corrected chi connectivity index (χ1v) is 5.35. The fourth-order valence-corrected chi connectivity index (χ4v) is 1.78. The number of hydrogen-bond donors (Lipinski definition) is 1. The van der Waals surface area contributed by atoms with Crippen LogP contribution in [0.4, 0.5) is 10.1 Å². The van der Waals surface area contributed by atoms with Crippen LogP contribution in [-0.2, 0) is 9.59 Å². The lowest BCUT2D eigenvalue weighted by molar-refractivity contribution is -0.139. The average Bonchev–Trinajstić information content (AvgIpc) is 2.58. The van der Waals surface area contributed by atoms with Crippen LogP contribution in [0.2, 0.25) is 0 Å². The molecule has 18 heavy (non-hydrogen) atoms. The van der Waals surface area contributed by atoms with Gasteiger partial charge in [-0.05, 0) is 31.2 Å². The zero-order valence-corrected chi connectivity index (χ0v) is 9.63. The van der Waals surface area contributed by atoms with Crippen LogP contribution in [0.1, 0.15) is 13.3 Å². The Balaban J connectivity index is 2.25. The summed E-state index contributed by atoms with van der Waals surface area (Å²) in [5, 5.41) is 13.9. The summed E-state index contributed by atoms with van der Waals surface area (Å²) in [6.07, 6.45) is -0.286. The maximum Gasteiger partial charge on any atom is 0.304 e. The number of carboxylic acids is 1. The normalized spacial score (nSPS) is 19.0. The van der Waals surface area contributed by atoms with Gasteiger partial charge in [-0.1, -0.05) is 0 Å². The molecule has 1 N–H and O–H groups in total. The van der Waals surface area contributed by atoms with E-state index in [1.807, 2.05) is 0 Å². The molecule has 0 saturated heterocycles. The van der Waals surface area contributed by atoms with E-state index >= 15 is 0 Å². The van der Waals surface area contributed by atoms with Crippen LogP contribution in [0.3, 0.4) is 0 Å². The fraction of sp³-hybridized carbons (Fsp3) is 0.250. The zero-order valence-electron chi connectivity index (χ0n) is 9.63. The molecule has 0 bridgehead atoms. The summed E-state index contributed by atoms with van der Waals surface area (Å²) in [4.78, 5) is 22.6. The lowest BCUT2D eigenvalue weighted by Crippen LogP contribution is -2.28. The Kier molecular flexibility index (Phi) is 3.10. The van der Waals surface area contributed by atoms with Gasteiger partial charge in [-0.3, -0.25) is 9.59 Å². The first-order chi connectivity index (χ1) is 8.49. The molecular weight excluding hydrogens is 239 g/mol. The van der Waals surface area contributed by atoms with E-state index in [1.54, 1.807) is 6.92 Å². The number of carbonyl (C=O) groups is 2. The quantitative estimate of drug-likeness (QED) is 0.886. The minimum Gasteiger partial charge on any atom is -0.481 e. The standard InChI is InChI=1S/C12H11FN2O3/c1-7-10(6-11(16)17)12(18)15(14-7)9-4-2-8(13)3-5-9/h2-5,10H,6H2,1H3,(H,16,17)/t10-/m0/s1. The van der Waals surface area contributed by atoms with Crippen LogP contribution >= 0.6 is 0 Å². The third kappa shape index (κ3) is 2.22. The monoisotopic (exact) mass is 250 g/mol. The number of carbonyl (C=O) groups excluding carboxylic acids is 1. The van der Waals surface area contributed by atoms with Gasteiger partial charge in [-0.2, -0.15) is 5.10 Å². The molecule has 2 rings (SSSR count). The molecule has 1 atom stereocenters. The van der Waals surface area contributed by atoms with Gasteiger partial charge in [0.2, 0.25) is 0 Å². The van der Waals surface area contributed by atoms with Crippen molar-refractivity contribution in [2.75, 3.05) is 5.01 Å². The number of halogens is 1. The third-order valence-corrected chi connectivity index (χ3v) is 2.72. The van der Waals surface area contributed by atoms with Gasteiger partial charge in [0, 0.05) is 5.71 Å². The van der Waals surface area contributed by atoms with E-state index in [0.717, 1.165) is 5.01 Å². The molecule has 0 fully saturated rings. The number of hydrazone groups is 1. The summed E-state index contributed by atoms with van der Waals surface area (Å²) in [7, 11) is 0. The molecule has 0 aliphatic carbocycles. The molecule has 0 radical (unpaired) electrons. The van der Waals surface area contributed by atoms with Gasteiger partial charge < -0.3 is 5.11 Å². The highest BCUT2D eigenvalue weighted by atomic mass is 19.1. The van der Waals surface area contributed by atoms with E-state index in [2.05, 4.69) is 5.10 Å². The van der Waals surface area contributed by atoms with Gasteiger partial charge in [-0.15, -0.1) is 0 Å². The first kappa shape index (κ1) is 12.2. The predicted octanol–water partition coefficient (Wildman–Crippen LogP) is 1.64. The van der Waals surface area contributed by atoms with Crippen molar-refractivity contribution in [3.8, 4) is 0 Å². The predicted molar refractivity (Wildman–Crippen MR) is 62.7 cm³/mol. The average molecular weight is 250 g/mol. The van der Waals surface area contributed by atoms with Crippen molar-refractivity contribution >= 4 is 23.3 Å². The number of carboxylic acid groups (broad SMARTS) is 1. The molecule has 94 valence electrons. The molecule has 0 spiro atoms. The van der Waals surface area contributed by atoms with Crippen molar-refractivity contribution < 1.29 is 19.1 Å². The van der Waals surface area contributed by atoms with Gasteiger partial charge in [0.1, 0.15) is 5.82 Å². The molecule has 1 aliphatic rings. The zero-order chi connectivity index (χ0) is 13.3. The van der Waals surface area contributed by atoms with Gasteiger partial charge >= 0.3 is 5.97 Å². The Morgan fingerprint density at radius 1 is 1.44 bits per heavy atom. The number of nitrogens with zero attached hydrogens (tertiary/aromatic N) is 2. The maximum atomic E-state index is 12.8. The van der Waals surface area contributed by atoms with E-state index in [9.17, 15) is 14.0 Å². The Labute approximate surface area is 103 Å². The van der Waals surface area contributed by atoms with Crippen molar-refractivity contribution in [2.24, 2.45) is 11.0 Å². The molecule has 1 aliphatic heterocycles. The summed E-state index contributed by atoms with van der Waals surface area (Å²) in [5.41, 5.74) is 0.875. The van der Waals surface area contributed by atoms with Crippen LogP contribution in [-0.4, -0.2) is 22.7 Å². The molecule has 0 saturated carbocycles. The van der Waals surface area contributed by atoms with Gasteiger partial charge in [0.05, 0.1) is 18.0 Å². The van der Waals surface area contributed by atoms with Crippen LogP contribution in [0, 0.1) is 11.7 Å². The van der Waals surface area contributed by atoms with Crippen LogP contribution in [0.5, 0.6) is 0 Å². The molecule has 6 heteroatoms. The molecule has 1 amide bonds. The Morgan fingerprint density at radius 2 is 2.06 bits per heavy atom. The summed E-state index contributed by atoms with van der Waals surface area (Å²) >= 11 is 0. The minimum atomic E-state index is -1.05. The Hall–Kier alpha value is -2.24. The van der Waals surface area contributed by atoms with E-state index in [0.29, 0.717) is 11.4 Å². The van der Waals surface area contributed by atoms with Gasteiger partial charge in [-0.25, -0.2) is 9.40 Å². The van der Waals surface area contributed by atoms with Crippen molar-refractivity contribution in [3.63, 3.8) is 0 Å². The summed E-state index contributed by atoms with van der Waals surface area (Å²) in [6, 6.07) is 5.29. The number of benzene rings is 1. The SMILES string of the molecule is CC1=NN(c2ccc(F)cc2)C(=O)[C@H]1CC(=O)O. The van der Waals surface area contributed by atoms with Gasteiger partial charge in [0.25, 0.3) is 5.91 Å².